The van der Waals surface area contributed by atoms with Crippen LogP contribution in [0, 0.1) is 0 Å². The first-order valence-electron chi connectivity index (χ1n) is 10.6. The molecule has 0 unspecified atom stereocenters. The van der Waals surface area contributed by atoms with Crippen molar-refractivity contribution in [2.75, 3.05) is 19.7 Å². The summed E-state index contributed by atoms with van der Waals surface area (Å²) in [5.41, 5.74) is 3.65. The van der Waals surface area contributed by atoms with Gasteiger partial charge in [-0.05, 0) is 25.0 Å². The Kier molecular flexibility index (Phi) is 6.12. The molecular weight excluding hydrogens is 380 g/mol. The molecule has 1 aliphatic heterocycles. The summed E-state index contributed by atoms with van der Waals surface area (Å²) in [6, 6.07) is 14.0. The number of hydrogen-bond acceptors (Lipinski definition) is 5. The van der Waals surface area contributed by atoms with Crippen LogP contribution in [0.3, 0.4) is 0 Å². The van der Waals surface area contributed by atoms with E-state index in [1.807, 2.05) is 42.5 Å². The molecule has 1 amide bonds. The Hall–Kier alpha value is -3.15. The predicted octanol–water partition coefficient (Wildman–Crippen LogP) is 4.41. The number of hydrogen-bond donors (Lipinski definition) is 0. The number of likely N-dealkylation sites (tertiary alicyclic amines) is 1. The lowest BCUT2D eigenvalue weighted by molar-refractivity contribution is -0.140. The Morgan fingerprint density at radius 2 is 1.93 bits per heavy atom. The molecule has 0 bridgehead atoms. The zero-order chi connectivity index (χ0) is 20.9. The van der Waals surface area contributed by atoms with Crippen molar-refractivity contribution < 1.29 is 18.8 Å². The summed E-state index contributed by atoms with van der Waals surface area (Å²) in [5, 5.41) is 5.30. The van der Waals surface area contributed by atoms with Crippen molar-refractivity contribution in [1.29, 1.82) is 0 Å². The van der Waals surface area contributed by atoms with Gasteiger partial charge in [-0.3, -0.25) is 9.59 Å². The maximum Gasteiger partial charge on any atom is 0.223 e. The molecule has 2 aromatic carbocycles. The van der Waals surface area contributed by atoms with Gasteiger partial charge in [0.25, 0.3) is 0 Å². The van der Waals surface area contributed by atoms with Gasteiger partial charge in [0.05, 0.1) is 18.5 Å². The Labute approximate surface area is 175 Å². The van der Waals surface area contributed by atoms with Gasteiger partial charge in [-0.25, -0.2) is 0 Å². The van der Waals surface area contributed by atoms with E-state index in [9.17, 15) is 9.59 Å². The summed E-state index contributed by atoms with van der Waals surface area (Å²) in [4.78, 5) is 25.1. The molecule has 1 aliphatic rings. The SMILES string of the molecule is CCCc1c(OCCCN2CC(=O)CCC2=O)ccc2c(-c3ccccc3)noc12. The first-order valence-corrected chi connectivity index (χ1v) is 10.6. The molecule has 1 aromatic heterocycles. The normalized spacial score (nSPS) is 14.5. The molecular formula is C24H26N2O4. The van der Waals surface area contributed by atoms with Crippen molar-refractivity contribution in [3.8, 4) is 17.0 Å². The van der Waals surface area contributed by atoms with Crippen molar-refractivity contribution in [1.82, 2.24) is 10.1 Å². The minimum atomic E-state index is 0.0535. The molecule has 1 fully saturated rings. The minimum Gasteiger partial charge on any atom is -0.493 e. The summed E-state index contributed by atoms with van der Waals surface area (Å²) in [5.74, 6) is 0.977. The number of Topliss-reactive ketones (excluding diaryl/α,β-unsaturated/α-hetero) is 1. The van der Waals surface area contributed by atoms with E-state index < -0.39 is 0 Å². The van der Waals surface area contributed by atoms with E-state index in [4.69, 9.17) is 9.26 Å². The number of ketones is 1. The summed E-state index contributed by atoms with van der Waals surface area (Å²) in [6.07, 6.45) is 3.16. The van der Waals surface area contributed by atoms with Crippen LogP contribution in [-0.4, -0.2) is 41.4 Å². The standard InChI is InChI=1S/C24H26N2O4/c1-2-7-19-21(29-15-6-14-26-16-18(27)10-13-22(26)28)12-11-20-23(25-30-24(19)20)17-8-4-3-5-9-17/h3-5,8-9,11-12H,2,6-7,10,13-16H2,1H3. The highest BCUT2D eigenvalue weighted by Gasteiger charge is 2.23. The number of fused-ring (bicyclic) bond motifs is 1. The quantitative estimate of drug-likeness (QED) is 0.518. The molecule has 0 radical (unpaired) electrons. The maximum absolute atomic E-state index is 11.9. The minimum absolute atomic E-state index is 0.0535. The van der Waals surface area contributed by atoms with Gasteiger partial charge in [-0.1, -0.05) is 48.8 Å². The van der Waals surface area contributed by atoms with E-state index in [0.29, 0.717) is 32.4 Å². The second-order valence-electron chi connectivity index (χ2n) is 7.62. The molecule has 1 saturated heterocycles. The van der Waals surface area contributed by atoms with Crippen LogP contribution in [0.15, 0.2) is 47.0 Å². The summed E-state index contributed by atoms with van der Waals surface area (Å²) in [7, 11) is 0. The van der Waals surface area contributed by atoms with Crippen LogP contribution in [0.1, 0.15) is 38.2 Å². The second kappa shape index (κ2) is 9.11. The Morgan fingerprint density at radius 1 is 1.10 bits per heavy atom. The number of carbonyl (C=O) groups excluding carboxylic acids is 2. The van der Waals surface area contributed by atoms with Crippen molar-refractivity contribution in [2.45, 2.75) is 39.0 Å². The molecule has 0 atom stereocenters. The monoisotopic (exact) mass is 406 g/mol. The van der Waals surface area contributed by atoms with E-state index in [1.165, 1.54) is 0 Å². The summed E-state index contributed by atoms with van der Waals surface area (Å²) >= 11 is 0. The zero-order valence-electron chi connectivity index (χ0n) is 17.2. The third kappa shape index (κ3) is 4.22. The van der Waals surface area contributed by atoms with Gasteiger partial charge in [-0.15, -0.1) is 0 Å². The van der Waals surface area contributed by atoms with Crippen LogP contribution in [-0.2, 0) is 16.0 Å². The number of benzene rings is 2. The fourth-order valence-corrected chi connectivity index (χ4v) is 3.89. The molecule has 0 aliphatic carbocycles. The molecule has 4 rings (SSSR count). The fourth-order valence-electron chi connectivity index (χ4n) is 3.89. The second-order valence-corrected chi connectivity index (χ2v) is 7.62. The van der Waals surface area contributed by atoms with Gasteiger partial charge in [-0.2, -0.15) is 0 Å². The fraction of sp³-hybridized carbons (Fsp3) is 0.375. The lowest BCUT2D eigenvalue weighted by Gasteiger charge is -2.25. The van der Waals surface area contributed by atoms with Gasteiger partial charge in [0, 0.05) is 30.5 Å². The summed E-state index contributed by atoms with van der Waals surface area (Å²) < 4.78 is 11.8. The van der Waals surface area contributed by atoms with Gasteiger partial charge in [0.1, 0.15) is 11.4 Å². The van der Waals surface area contributed by atoms with Crippen molar-refractivity contribution in [3.63, 3.8) is 0 Å². The maximum atomic E-state index is 11.9. The highest BCUT2D eigenvalue weighted by Crippen LogP contribution is 2.35. The molecule has 0 spiro atoms. The number of amides is 1. The number of rotatable bonds is 8. The smallest absolute Gasteiger partial charge is 0.223 e. The highest BCUT2D eigenvalue weighted by atomic mass is 16.5. The number of aryl methyl sites for hydroxylation is 1. The largest absolute Gasteiger partial charge is 0.493 e. The Bertz CT molecular complexity index is 1040. The molecule has 0 saturated carbocycles. The van der Waals surface area contributed by atoms with Crippen LogP contribution in [0.5, 0.6) is 5.75 Å². The molecule has 3 aromatic rings. The van der Waals surface area contributed by atoms with Gasteiger partial charge in [0.15, 0.2) is 11.4 Å². The molecule has 0 N–H and O–H groups in total. The topological polar surface area (TPSA) is 72.6 Å². The Morgan fingerprint density at radius 3 is 2.73 bits per heavy atom. The first-order chi connectivity index (χ1) is 14.7. The number of piperidine rings is 1. The van der Waals surface area contributed by atoms with E-state index in [-0.39, 0.29) is 18.2 Å². The van der Waals surface area contributed by atoms with E-state index in [0.717, 1.165) is 46.4 Å². The average Bonchev–Trinajstić information content (AvgIpc) is 3.20. The van der Waals surface area contributed by atoms with Crippen LogP contribution in [0.25, 0.3) is 22.2 Å². The van der Waals surface area contributed by atoms with E-state index >= 15 is 0 Å². The van der Waals surface area contributed by atoms with Crippen LogP contribution < -0.4 is 4.74 Å². The van der Waals surface area contributed by atoms with Crippen LogP contribution in [0.2, 0.25) is 0 Å². The number of carbonyl (C=O) groups is 2. The average molecular weight is 406 g/mol. The lowest BCUT2D eigenvalue weighted by atomic mass is 10.0. The third-order valence-corrected chi connectivity index (χ3v) is 5.42. The zero-order valence-corrected chi connectivity index (χ0v) is 17.2. The Balaban J connectivity index is 1.48. The third-order valence-electron chi connectivity index (χ3n) is 5.42. The predicted molar refractivity (Wildman–Crippen MR) is 114 cm³/mol. The van der Waals surface area contributed by atoms with Gasteiger partial charge < -0.3 is 14.2 Å². The molecule has 2 heterocycles. The van der Waals surface area contributed by atoms with Crippen LogP contribution >= 0.6 is 0 Å². The number of ether oxygens (including phenoxy) is 1. The van der Waals surface area contributed by atoms with Crippen molar-refractivity contribution in [2.24, 2.45) is 0 Å². The first kappa shape index (κ1) is 20.1. The van der Waals surface area contributed by atoms with Crippen LogP contribution in [0.4, 0.5) is 0 Å². The molecule has 30 heavy (non-hydrogen) atoms. The van der Waals surface area contributed by atoms with Crippen molar-refractivity contribution in [3.05, 3.63) is 48.0 Å². The van der Waals surface area contributed by atoms with E-state index in [1.54, 1.807) is 4.90 Å². The lowest BCUT2D eigenvalue weighted by Crippen LogP contribution is -2.41. The number of aromatic nitrogens is 1. The van der Waals surface area contributed by atoms with Gasteiger partial charge >= 0.3 is 0 Å². The van der Waals surface area contributed by atoms with E-state index in [2.05, 4.69) is 12.1 Å². The molecule has 6 nitrogen and oxygen atoms in total. The highest BCUT2D eigenvalue weighted by molar-refractivity contribution is 5.94. The van der Waals surface area contributed by atoms with Gasteiger partial charge in [0.2, 0.25) is 5.91 Å². The molecule has 156 valence electrons. The van der Waals surface area contributed by atoms with Crippen molar-refractivity contribution >= 4 is 22.7 Å². The molecule has 6 heteroatoms. The summed E-state index contributed by atoms with van der Waals surface area (Å²) in [6.45, 7) is 3.36. The number of nitrogens with zero attached hydrogens (tertiary/aromatic N) is 2.